The minimum absolute atomic E-state index is 0.280. The third kappa shape index (κ3) is 2.05. The van der Waals surface area contributed by atoms with Crippen molar-refractivity contribution in [2.24, 2.45) is 0 Å². The van der Waals surface area contributed by atoms with Crippen LogP contribution in [0.2, 0.25) is 0 Å². The van der Waals surface area contributed by atoms with Crippen LogP contribution >= 0.6 is 0 Å². The van der Waals surface area contributed by atoms with Gasteiger partial charge in [-0.3, -0.25) is 0 Å². The highest BCUT2D eigenvalue weighted by Crippen LogP contribution is 2.18. The third-order valence-corrected chi connectivity index (χ3v) is 1.84. The van der Waals surface area contributed by atoms with Crippen molar-refractivity contribution in [2.75, 3.05) is 0 Å². The summed E-state index contributed by atoms with van der Waals surface area (Å²) in [5, 5.41) is 9.41. The summed E-state index contributed by atoms with van der Waals surface area (Å²) in [5.41, 5.74) is 1.51. The van der Waals surface area contributed by atoms with Gasteiger partial charge < -0.3 is 5.11 Å². The van der Waals surface area contributed by atoms with E-state index in [4.69, 9.17) is 0 Å². The van der Waals surface area contributed by atoms with Crippen LogP contribution in [0.25, 0.3) is 0 Å². The van der Waals surface area contributed by atoms with Crippen molar-refractivity contribution in [1.29, 1.82) is 0 Å². The predicted octanol–water partition coefficient (Wildman–Crippen LogP) is 2.58. The van der Waals surface area contributed by atoms with E-state index in [1.54, 1.807) is 6.07 Å². The van der Waals surface area contributed by atoms with Gasteiger partial charge in [-0.05, 0) is 36.6 Å². The second kappa shape index (κ2) is 3.68. The molecule has 0 radical (unpaired) electrons. The summed E-state index contributed by atoms with van der Waals surface area (Å²) in [4.78, 5) is 0. The Hall–Kier alpha value is -0.890. The van der Waals surface area contributed by atoms with E-state index in [-0.39, 0.29) is 5.82 Å². The average molecular weight is 168 g/mol. The highest BCUT2D eigenvalue weighted by Gasteiger charge is 2.05. The first-order valence-corrected chi connectivity index (χ1v) is 4.08. The van der Waals surface area contributed by atoms with Crippen LogP contribution in [0.4, 0.5) is 4.39 Å². The molecule has 66 valence electrons. The van der Waals surface area contributed by atoms with Gasteiger partial charge in [-0.2, -0.15) is 0 Å². The topological polar surface area (TPSA) is 20.2 Å². The normalized spacial score (nSPS) is 13.0. The zero-order valence-corrected chi connectivity index (χ0v) is 7.34. The number of aliphatic hydroxyl groups is 1. The van der Waals surface area contributed by atoms with Gasteiger partial charge in [-0.25, -0.2) is 4.39 Å². The molecule has 1 nitrogen and oxygen atoms in total. The van der Waals surface area contributed by atoms with Gasteiger partial charge in [0.15, 0.2) is 0 Å². The number of benzene rings is 1. The Labute approximate surface area is 71.9 Å². The fraction of sp³-hybridized carbons (Fsp3) is 0.400. The van der Waals surface area contributed by atoms with Crippen LogP contribution in [0.5, 0.6) is 0 Å². The lowest BCUT2D eigenvalue weighted by Gasteiger charge is -2.08. The standard InChI is InChI=1S/C10H13FO/c1-3-10(12)8-4-7(2)5-9(11)6-8/h4-6,10,12H,3H2,1-2H3. The smallest absolute Gasteiger partial charge is 0.123 e. The number of hydrogen-bond donors (Lipinski definition) is 1. The first-order chi connectivity index (χ1) is 5.63. The van der Waals surface area contributed by atoms with E-state index in [1.807, 2.05) is 13.8 Å². The molecule has 0 aliphatic carbocycles. The Morgan fingerprint density at radius 2 is 2.08 bits per heavy atom. The number of halogens is 1. The second-order valence-corrected chi connectivity index (χ2v) is 2.99. The van der Waals surface area contributed by atoms with Crippen molar-refractivity contribution < 1.29 is 9.50 Å². The van der Waals surface area contributed by atoms with E-state index in [2.05, 4.69) is 0 Å². The van der Waals surface area contributed by atoms with Gasteiger partial charge in [0, 0.05) is 0 Å². The first kappa shape index (κ1) is 9.20. The van der Waals surface area contributed by atoms with Crippen LogP contribution < -0.4 is 0 Å². The molecule has 0 bridgehead atoms. The van der Waals surface area contributed by atoms with Crippen LogP contribution in [0.1, 0.15) is 30.6 Å². The molecule has 12 heavy (non-hydrogen) atoms. The van der Waals surface area contributed by atoms with E-state index < -0.39 is 6.10 Å². The maximum Gasteiger partial charge on any atom is 0.123 e. The Morgan fingerprint density at radius 3 is 2.58 bits per heavy atom. The molecule has 0 spiro atoms. The average Bonchev–Trinajstić information content (AvgIpc) is 2.01. The quantitative estimate of drug-likeness (QED) is 0.719. The molecule has 0 fully saturated rings. The van der Waals surface area contributed by atoms with Crippen LogP contribution in [-0.4, -0.2) is 5.11 Å². The highest BCUT2D eigenvalue weighted by molar-refractivity contribution is 5.25. The van der Waals surface area contributed by atoms with E-state index >= 15 is 0 Å². The fourth-order valence-corrected chi connectivity index (χ4v) is 1.19. The van der Waals surface area contributed by atoms with Gasteiger partial charge in [-0.1, -0.05) is 13.0 Å². The van der Waals surface area contributed by atoms with E-state index in [9.17, 15) is 9.50 Å². The maximum atomic E-state index is 12.8. The molecule has 2 heteroatoms. The molecule has 1 aromatic carbocycles. The third-order valence-electron chi connectivity index (χ3n) is 1.84. The number of rotatable bonds is 2. The van der Waals surface area contributed by atoms with E-state index in [1.165, 1.54) is 12.1 Å². The summed E-state index contributed by atoms with van der Waals surface area (Å²) in [5.74, 6) is -0.280. The molecule has 0 saturated heterocycles. The van der Waals surface area contributed by atoms with E-state index in [0.29, 0.717) is 12.0 Å². The summed E-state index contributed by atoms with van der Waals surface area (Å²) >= 11 is 0. The Balaban J connectivity index is 3.00. The lowest BCUT2D eigenvalue weighted by molar-refractivity contribution is 0.173. The van der Waals surface area contributed by atoms with Crippen LogP contribution in [0, 0.1) is 12.7 Å². The Morgan fingerprint density at radius 1 is 1.42 bits per heavy atom. The molecular weight excluding hydrogens is 155 g/mol. The predicted molar refractivity (Wildman–Crippen MR) is 46.4 cm³/mol. The molecule has 1 rings (SSSR count). The number of aliphatic hydroxyl groups excluding tert-OH is 1. The zero-order chi connectivity index (χ0) is 9.14. The molecule has 0 aromatic heterocycles. The minimum atomic E-state index is -0.542. The highest BCUT2D eigenvalue weighted by atomic mass is 19.1. The van der Waals surface area contributed by atoms with Crippen LogP contribution in [-0.2, 0) is 0 Å². The monoisotopic (exact) mass is 168 g/mol. The molecule has 1 aromatic rings. The van der Waals surface area contributed by atoms with Crippen LogP contribution in [0.3, 0.4) is 0 Å². The summed E-state index contributed by atoms with van der Waals surface area (Å²) in [6.07, 6.45) is 0.0718. The maximum absolute atomic E-state index is 12.8. The van der Waals surface area contributed by atoms with Gasteiger partial charge in [0.1, 0.15) is 5.82 Å². The molecule has 0 amide bonds. The minimum Gasteiger partial charge on any atom is -0.388 e. The zero-order valence-electron chi connectivity index (χ0n) is 7.34. The molecule has 0 saturated carbocycles. The van der Waals surface area contributed by atoms with Gasteiger partial charge in [0.25, 0.3) is 0 Å². The molecule has 1 N–H and O–H groups in total. The van der Waals surface area contributed by atoms with Crippen molar-refractivity contribution >= 4 is 0 Å². The van der Waals surface area contributed by atoms with Gasteiger partial charge in [0.05, 0.1) is 6.10 Å². The van der Waals surface area contributed by atoms with Crippen molar-refractivity contribution in [2.45, 2.75) is 26.4 Å². The number of hydrogen-bond acceptors (Lipinski definition) is 1. The number of aryl methyl sites for hydroxylation is 1. The summed E-state index contributed by atoms with van der Waals surface area (Å²) in [6.45, 7) is 3.68. The largest absolute Gasteiger partial charge is 0.388 e. The van der Waals surface area contributed by atoms with E-state index in [0.717, 1.165) is 5.56 Å². The SMILES string of the molecule is CCC(O)c1cc(C)cc(F)c1. The molecule has 0 aliphatic heterocycles. The summed E-state index contributed by atoms with van der Waals surface area (Å²) in [6, 6.07) is 4.63. The summed E-state index contributed by atoms with van der Waals surface area (Å²) < 4.78 is 12.8. The van der Waals surface area contributed by atoms with Gasteiger partial charge in [-0.15, -0.1) is 0 Å². The lowest BCUT2D eigenvalue weighted by Crippen LogP contribution is -1.96. The van der Waals surface area contributed by atoms with Gasteiger partial charge in [0.2, 0.25) is 0 Å². The first-order valence-electron chi connectivity index (χ1n) is 4.08. The Bertz CT molecular complexity index is 250. The molecular formula is C10H13FO. The summed E-state index contributed by atoms with van der Waals surface area (Å²) in [7, 11) is 0. The molecule has 0 heterocycles. The van der Waals surface area contributed by atoms with Crippen molar-refractivity contribution in [3.63, 3.8) is 0 Å². The van der Waals surface area contributed by atoms with Crippen LogP contribution in [0.15, 0.2) is 18.2 Å². The molecule has 1 atom stereocenters. The van der Waals surface area contributed by atoms with Crippen molar-refractivity contribution in [3.8, 4) is 0 Å². The second-order valence-electron chi connectivity index (χ2n) is 2.99. The lowest BCUT2D eigenvalue weighted by atomic mass is 10.0. The van der Waals surface area contributed by atoms with Crippen molar-refractivity contribution in [3.05, 3.63) is 35.1 Å². The molecule has 1 unspecified atom stereocenters. The fourth-order valence-electron chi connectivity index (χ4n) is 1.19. The van der Waals surface area contributed by atoms with Gasteiger partial charge >= 0.3 is 0 Å². The Kier molecular flexibility index (Phi) is 2.82. The van der Waals surface area contributed by atoms with Crippen molar-refractivity contribution in [1.82, 2.24) is 0 Å². The molecule has 0 aliphatic rings.